The van der Waals surface area contributed by atoms with E-state index in [-0.39, 0.29) is 24.0 Å². The van der Waals surface area contributed by atoms with E-state index in [9.17, 15) is 0 Å². The van der Waals surface area contributed by atoms with Crippen LogP contribution < -0.4 is 10.6 Å². The predicted molar refractivity (Wildman–Crippen MR) is 125 cm³/mol. The predicted octanol–water partition coefficient (Wildman–Crippen LogP) is 2.78. The van der Waals surface area contributed by atoms with Gasteiger partial charge in [-0.3, -0.25) is 9.89 Å². The van der Waals surface area contributed by atoms with Crippen molar-refractivity contribution < 1.29 is 0 Å². The van der Waals surface area contributed by atoms with Crippen molar-refractivity contribution in [3.63, 3.8) is 0 Å². The second kappa shape index (κ2) is 11.9. The van der Waals surface area contributed by atoms with E-state index in [4.69, 9.17) is 4.99 Å². The lowest BCUT2D eigenvalue weighted by Gasteiger charge is -2.34. The van der Waals surface area contributed by atoms with Gasteiger partial charge < -0.3 is 15.5 Å². The molecule has 1 saturated heterocycles. The first kappa shape index (κ1) is 22.4. The summed E-state index contributed by atoms with van der Waals surface area (Å²) in [6.45, 7) is 13.2. The Morgan fingerprint density at radius 3 is 2.41 bits per heavy atom. The van der Waals surface area contributed by atoms with Gasteiger partial charge in [-0.1, -0.05) is 37.3 Å². The molecular weight excluding hydrogens is 449 g/mol. The Hall–Kier alpha value is -0.860. The van der Waals surface area contributed by atoms with Crippen molar-refractivity contribution in [2.75, 3.05) is 45.8 Å². The molecule has 0 bridgehead atoms. The van der Waals surface area contributed by atoms with Crippen LogP contribution in [0.2, 0.25) is 0 Å². The number of halogens is 1. The summed E-state index contributed by atoms with van der Waals surface area (Å²) in [7, 11) is 0. The Morgan fingerprint density at radius 1 is 1.11 bits per heavy atom. The van der Waals surface area contributed by atoms with Crippen LogP contribution in [0.25, 0.3) is 0 Å². The number of hydrogen-bond donors (Lipinski definition) is 2. The minimum atomic E-state index is 0. The third kappa shape index (κ3) is 7.95. The van der Waals surface area contributed by atoms with Crippen molar-refractivity contribution in [3.05, 3.63) is 35.9 Å². The number of guanidine groups is 1. The number of hydrogen-bond acceptors (Lipinski definition) is 3. The van der Waals surface area contributed by atoms with E-state index in [1.807, 2.05) is 0 Å². The number of nitrogens with one attached hydrogen (secondary N) is 2. The minimum Gasteiger partial charge on any atom is -0.357 e. The van der Waals surface area contributed by atoms with Gasteiger partial charge >= 0.3 is 0 Å². The number of benzene rings is 1. The fourth-order valence-corrected chi connectivity index (χ4v) is 3.52. The van der Waals surface area contributed by atoms with Gasteiger partial charge in [0.2, 0.25) is 0 Å². The van der Waals surface area contributed by atoms with E-state index in [0.29, 0.717) is 6.04 Å². The van der Waals surface area contributed by atoms with Crippen LogP contribution in [0.15, 0.2) is 35.3 Å². The van der Waals surface area contributed by atoms with Gasteiger partial charge in [0.05, 0.1) is 0 Å². The summed E-state index contributed by atoms with van der Waals surface area (Å²) in [5.41, 5.74) is 1.42. The van der Waals surface area contributed by atoms with Crippen LogP contribution in [-0.4, -0.2) is 67.6 Å². The third-order valence-corrected chi connectivity index (χ3v) is 5.39. The maximum atomic E-state index is 4.74. The van der Waals surface area contributed by atoms with Crippen LogP contribution in [0.5, 0.6) is 0 Å². The highest BCUT2D eigenvalue weighted by atomic mass is 127. The third-order valence-electron chi connectivity index (χ3n) is 5.39. The molecule has 152 valence electrons. The highest BCUT2D eigenvalue weighted by molar-refractivity contribution is 14.0. The summed E-state index contributed by atoms with van der Waals surface area (Å²) in [6.07, 6.45) is 2.41. The highest BCUT2D eigenvalue weighted by Crippen LogP contribution is 2.28. The van der Waals surface area contributed by atoms with Gasteiger partial charge in [-0.05, 0) is 31.2 Å². The normalized spacial score (nSPS) is 23.6. The Morgan fingerprint density at radius 2 is 1.78 bits per heavy atom. The molecule has 3 rings (SSSR count). The number of piperazine rings is 1. The molecule has 1 aliphatic carbocycles. The number of rotatable bonds is 8. The van der Waals surface area contributed by atoms with Gasteiger partial charge in [0, 0.05) is 58.4 Å². The maximum Gasteiger partial charge on any atom is 0.191 e. The zero-order valence-electron chi connectivity index (χ0n) is 16.9. The van der Waals surface area contributed by atoms with E-state index in [1.165, 1.54) is 38.2 Å². The Bertz CT molecular complexity index is 557. The molecule has 1 aromatic carbocycles. The number of nitrogens with zero attached hydrogens (tertiary/aromatic N) is 3. The van der Waals surface area contributed by atoms with Gasteiger partial charge in [0.1, 0.15) is 0 Å². The molecular formula is C21H36IN5. The van der Waals surface area contributed by atoms with E-state index < -0.39 is 0 Å². The molecule has 6 heteroatoms. The standard InChI is InChI=1S/C21H35N5.HI/c1-3-22-21(24-20-16-18(20)2)23-10-7-11-25-12-14-26(15-13-25)17-19-8-5-4-6-9-19;/h4-6,8-9,18,20H,3,7,10-17H2,1-2H3,(H2,22,23,24);1H. The van der Waals surface area contributed by atoms with Crippen molar-refractivity contribution >= 4 is 29.9 Å². The zero-order valence-corrected chi connectivity index (χ0v) is 19.2. The summed E-state index contributed by atoms with van der Waals surface area (Å²) < 4.78 is 0. The molecule has 0 spiro atoms. The van der Waals surface area contributed by atoms with Crippen LogP contribution in [0.3, 0.4) is 0 Å². The lowest BCUT2D eigenvalue weighted by molar-refractivity contribution is 0.127. The van der Waals surface area contributed by atoms with Crippen LogP contribution >= 0.6 is 24.0 Å². The van der Waals surface area contributed by atoms with Crippen LogP contribution in [-0.2, 0) is 6.54 Å². The summed E-state index contributed by atoms with van der Waals surface area (Å²) in [6, 6.07) is 11.4. The zero-order chi connectivity index (χ0) is 18.2. The van der Waals surface area contributed by atoms with Gasteiger partial charge in [0.15, 0.2) is 5.96 Å². The van der Waals surface area contributed by atoms with Crippen molar-refractivity contribution in [1.82, 2.24) is 20.4 Å². The Kier molecular flexibility index (Phi) is 9.86. The summed E-state index contributed by atoms with van der Waals surface area (Å²) in [5, 5.41) is 6.89. The van der Waals surface area contributed by atoms with Gasteiger partial charge in [-0.25, -0.2) is 0 Å². The average molecular weight is 485 g/mol. The molecule has 2 N–H and O–H groups in total. The maximum absolute atomic E-state index is 4.74. The minimum absolute atomic E-state index is 0. The molecule has 0 radical (unpaired) electrons. The van der Waals surface area contributed by atoms with E-state index >= 15 is 0 Å². The lowest BCUT2D eigenvalue weighted by Crippen LogP contribution is -2.46. The number of aliphatic imine (C=N–C) groups is 1. The topological polar surface area (TPSA) is 42.9 Å². The van der Waals surface area contributed by atoms with Gasteiger partial charge in [-0.15, -0.1) is 24.0 Å². The highest BCUT2D eigenvalue weighted by Gasteiger charge is 2.33. The first-order chi connectivity index (χ1) is 12.7. The first-order valence-electron chi connectivity index (χ1n) is 10.3. The van der Waals surface area contributed by atoms with E-state index in [1.54, 1.807) is 0 Å². The molecule has 0 amide bonds. The summed E-state index contributed by atoms with van der Waals surface area (Å²) in [4.78, 5) is 9.89. The second-order valence-corrected chi connectivity index (χ2v) is 7.68. The fraction of sp³-hybridized carbons (Fsp3) is 0.667. The Labute approximate surface area is 182 Å². The van der Waals surface area contributed by atoms with Crippen molar-refractivity contribution in [2.45, 2.75) is 39.3 Å². The molecule has 27 heavy (non-hydrogen) atoms. The quantitative estimate of drug-likeness (QED) is 0.257. The molecule has 2 aliphatic rings. The summed E-state index contributed by atoms with van der Waals surface area (Å²) >= 11 is 0. The molecule has 2 unspecified atom stereocenters. The first-order valence-corrected chi connectivity index (χ1v) is 10.3. The lowest BCUT2D eigenvalue weighted by atomic mass is 10.2. The average Bonchev–Trinajstić information content (AvgIpc) is 3.35. The van der Waals surface area contributed by atoms with Gasteiger partial charge in [-0.2, -0.15) is 0 Å². The monoisotopic (exact) mass is 485 g/mol. The van der Waals surface area contributed by atoms with Crippen LogP contribution in [0.1, 0.15) is 32.3 Å². The smallest absolute Gasteiger partial charge is 0.191 e. The molecule has 2 fully saturated rings. The van der Waals surface area contributed by atoms with E-state index in [0.717, 1.165) is 44.5 Å². The van der Waals surface area contributed by atoms with Crippen molar-refractivity contribution in [1.29, 1.82) is 0 Å². The fourth-order valence-electron chi connectivity index (χ4n) is 3.52. The molecule has 2 atom stereocenters. The van der Waals surface area contributed by atoms with Crippen molar-refractivity contribution in [2.24, 2.45) is 10.9 Å². The Balaban J connectivity index is 0.00000261. The van der Waals surface area contributed by atoms with Crippen LogP contribution in [0, 0.1) is 5.92 Å². The van der Waals surface area contributed by atoms with E-state index in [2.05, 4.69) is 64.6 Å². The second-order valence-electron chi connectivity index (χ2n) is 7.68. The molecule has 1 aromatic rings. The summed E-state index contributed by atoms with van der Waals surface area (Å²) in [5.74, 6) is 1.79. The molecule has 1 heterocycles. The SMILES string of the molecule is CCNC(=NCCCN1CCN(Cc2ccccc2)CC1)NC1CC1C.I. The molecule has 0 aromatic heterocycles. The van der Waals surface area contributed by atoms with Gasteiger partial charge in [0.25, 0.3) is 0 Å². The largest absolute Gasteiger partial charge is 0.357 e. The molecule has 1 saturated carbocycles. The molecule has 1 aliphatic heterocycles. The van der Waals surface area contributed by atoms with Crippen LogP contribution in [0.4, 0.5) is 0 Å². The molecule has 5 nitrogen and oxygen atoms in total. The van der Waals surface area contributed by atoms with Crippen molar-refractivity contribution in [3.8, 4) is 0 Å².